The number of nitro benzene ring substituents is 1. The summed E-state index contributed by atoms with van der Waals surface area (Å²) >= 11 is 0. The topological polar surface area (TPSA) is 160 Å². The van der Waals surface area contributed by atoms with Gasteiger partial charge in [-0.3, -0.25) is 19.7 Å². The molecule has 0 fully saturated rings. The van der Waals surface area contributed by atoms with Crippen molar-refractivity contribution in [2.75, 3.05) is 5.32 Å². The van der Waals surface area contributed by atoms with Crippen LogP contribution >= 0.6 is 0 Å². The van der Waals surface area contributed by atoms with E-state index >= 15 is 0 Å². The first kappa shape index (κ1) is 30.5. The Bertz CT molecular complexity index is 2280. The van der Waals surface area contributed by atoms with Crippen LogP contribution in [0.4, 0.5) is 11.4 Å². The Morgan fingerprint density at radius 2 is 1.51 bits per heavy atom. The van der Waals surface area contributed by atoms with Crippen molar-refractivity contribution in [2.24, 2.45) is 0 Å². The molecule has 0 radical (unpaired) electrons. The Morgan fingerprint density at radius 1 is 0.830 bits per heavy atom. The zero-order chi connectivity index (χ0) is 33.4. The molecule has 1 aliphatic carbocycles. The Morgan fingerprint density at radius 3 is 2.19 bits per heavy atom. The van der Waals surface area contributed by atoms with Crippen LogP contribution in [-0.4, -0.2) is 27.0 Å². The molecule has 0 spiro atoms. The summed E-state index contributed by atoms with van der Waals surface area (Å²) in [5.41, 5.74) is 4.69. The number of phenolic OH excluding ortho intramolecular Hbond substituents is 1. The minimum absolute atomic E-state index is 0.0555. The largest absolute Gasteiger partial charge is 0.508 e. The molecule has 1 amide bonds. The molecule has 47 heavy (non-hydrogen) atoms. The van der Waals surface area contributed by atoms with E-state index in [2.05, 4.69) is 5.32 Å². The fourth-order valence-corrected chi connectivity index (χ4v) is 5.68. The van der Waals surface area contributed by atoms with E-state index in [4.69, 9.17) is 4.42 Å². The van der Waals surface area contributed by atoms with Gasteiger partial charge in [-0.1, -0.05) is 30.4 Å². The molecule has 3 N–H and O–H groups in total. The molecule has 232 valence electrons. The van der Waals surface area contributed by atoms with Gasteiger partial charge in [0.1, 0.15) is 17.1 Å². The number of aryl methyl sites for hydroxylation is 2. The van der Waals surface area contributed by atoms with Gasteiger partial charge in [0.25, 0.3) is 11.6 Å². The molecule has 2 aliphatic rings. The number of phenols is 1. The van der Waals surface area contributed by atoms with Crippen LogP contribution in [0.5, 0.6) is 5.75 Å². The number of rotatable bonds is 7. The lowest BCUT2D eigenvalue weighted by atomic mass is 9.90. The Labute approximate surface area is 267 Å². The maximum atomic E-state index is 13.1. The van der Waals surface area contributed by atoms with Crippen molar-refractivity contribution in [2.45, 2.75) is 13.8 Å². The fourth-order valence-electron chi connectivity index (χ4n) is 5.68. The number of nitro groups is 1. The third kappa shape index (κ3) is 6.07. The summed E-state index contributed by atoms with van der Waals surface area (Å²) in [6, 6.07) is 23.5. The molecule has 0 unspecified atom stereocenters. The number of hydrogen-bond acceptors (Lipinski definition) is 7. The van der Waals surface area contributed by atoms with Crippen molar-refractivity contribution in [1.82, 2.24) is 0 Å². The van der Waals surface area contributed by atoms with Gasteiger partial charge in [-0.2, -0.15) is 0 Å². The lowest BCUT2D eigenvalue weighted by Crippen LogP contribution is -2.13. The number of carbonyl (C=O) groups is 2. The number of aromatic hydroxyl groups is 1. The summed E-state index contributed by atoms with van der Waals surface area (Å²) in [6.07, 6.45) is 3.67. The van der Waals surface area contributed by atoms with Crippen molar-refractivity contribution >= 4 is 46.4 Å². The van der Waals surface area contributed by atoms with Crippen molar-refractivity contribution in [3.63, 3.8) is 0 Å². The van der Waals surface area contributed by atoms with Crippen LogP contribution in [0, 0.1) is 24.0 Å². The summed E-state index contributed by atoms with van der Waals surface area (Å²) in [4.78, 5) is 48.6. The zero-order valence-electron chi connectivity index (χ0n) is 25.1. The van der Waals surface area contributed by atoms with Crippen LogP contribution in [0.25, 0.3) is 45.6 Å². The molecule has 1 aliphatic heterocycles. The number of fused-ring (bicyclic) bond motifs is 2. The molecular weight excluding hydrogens is 600 g/mol. The van der Waals surface area contributed by atoms with Crippen molar-refractivity contribution in [3.05, 3.63) is 145 Å². The van der Waals surface area contributed by atoms with Gasteiger partial charge in [0.15, 0.2) is 5.43 Å². The number of anilines is 1. The minimum atomic E-state index is -1.23. The number of hydrogen-bond donors (Lipinski definition) is 3. The third-order valence-corrected chi connectivity index (χ3v) is 7.79. The van der Waals surface area contributed by atoms with Gasteiger partial charge >= 0.3 is 5.97 Å². The van der Waals surface area contributed by atoms with Crippen LogP contribution in [0.15, 0.2) is 100 Å². The van der Waals surface area contributed by atoms with Crippen molar-refractivity contribution in [1.29, 1.82) is 0 Å². The summed E-state index contributed by atoms with van der Waals surface area (Å²) < 4.78 is 5.87. The van der Waals surface area contributed by atoms with Crippen molar-refractivity contribution in [3.8, 4) is 28.2 Å². The second-order valence-corrected chi connectivity index (χ2v) is 11.1. The van der Waals surface area contributed by atoms with E-state index < -0.39 is 11.9 Å². The zero-order valence-corrected chi connectivity index (χ0v) is 25.1. The molecule has 10 nitrogen and oxygen atoms in total. The van der Waals surface area contributed by atoms with Crippen LogP contribution < -0.4 is 10.7 Å². The molecule has 0 bridgehead atoms. The standard InChI is InChI=1S/C37H26N2O8/c1-20-15-23(16-21(2)35(20)39(45)46)4-3-22-5-7-24(8-6-22)36(42)38-25-9-12-28(31(17-25)37(43)44)34-29-13-10-26(40)18-32(29)47-33-19-27(41)11-14-30(33)34/h3-19,40H,1-2H3,(H,38,42)(H,43,44). The number of benzene rings is 5. The number of amides is 1. The molecule has 6 rings (SSSR count). The van der Waals surface area contributed by atoms with E-state index in [1.54, 1.807) is 74.5 Å². The highest BCUT2D eigenvalue weighted by molar-refractivity contribution is 6.09. The molecule has 4 aromatic rings. The number of carbonyl (C=O) groups excluding carboxylic acids is 1. The van der Waals surface area contributed by atoms with Crippen LogP contribution in [-0.2, 0) is 0 Å². The first-order valence-electron chi connectivity index (χ1n) is 14.4. The molecule has 1 heterocycles. The van der Waals surface area contributed by atoms with Gasteiger partial charge in [0, 0.05) is 51.0 Å². The molecule has 0 atom stereocenters. The number of nitrogens with one attached hydrogen (secondary N) is 1. The molecular formula is C37H26N2O8. The predicted molar refractivity (Wildman–Crippen MR) is 179 cm³/mol. The summed E-state index contributed by atoms with van der Waals surface area (Å²) in [5, 5.41) is 34.8. The fraction of sp³-hybridized carbons (Fsp3) is 0.0541. The van der Waals surface area contributed by atoms with Gasteiger partial charge in [0.05, 0.1) is 10.5 Å². The lowest BCUT2D eigenvalue weighted by Gasteiger charge is -2.17. The highest BCUT2D eigenvalue weighted by Gasteiger charge is 2.23. The normalized spacial score (nSPS) is 11.3. The van der Waals surface area contributed by atoms with Gasteiger partial charge in [-0.25, -0.2) is 4.79 Å². The Balaban J connectivity index is 1.27. The van der Waals surface area contributed by atoms with Crippen LogP contribution in [0.3, 0.4) is 0 Å². The monoisotopic (exact) mass is 626 g/mol. The SMILES string of the molecule is Cc1cc(C=Cc2ccc(C(=O)Nc3ccc(-c4c5ccc(=O)cc-5oc5cc(O)ccc45)c(C(=O)O)c3)cc2)cc(C)c1[N+](=O)[O-]. The summed E-state index contributed by atoms with van der Waals surface area (Å²) in [7, 11) is 0. The highest BCUT2D eigenvalue weighted by atomic mass is 16.6. The van der Waals surface area contributed by atoms with Gasteiger partial charge in [-0.05, 0) is 91.2 Å². The molecule has 0 saturated heterocycles. The summed E-state index contributed by atoms with van der Waals surface area (Å²) in [6.45, 7) is 3.39. The van der Waals surface area contributed by atoms with Crippen molar-refractivity contribution < 1.29 is 29.1 Å². The summed E-state index contributed by atoms with van der Waals surface area (Å²) in [5.74, 6) is -1.50. The molecule has 10 heteroatoms. The quantitative estimate of drug-likeness (QED) is 0.0697. The van der Waals surface area contributed by atoms with Gasteiger partial charge in [-0.15, -0.1) is 0 Å². The second-order valence-electron chi connectivity index (χ2n) is 11.1. The van der Waals surface area contributed by atoms with E-state index in [0.717, 1.165) is 11.1 Å². The Hall–Kier alpha value is -6.55. The number of carboxylic acid groups (broad SMARTS) is 1. The third-order valence-electron chi connectivity index (χ3n) is 7.79. The first-order chi connectivity index (χ1) is 22.5. The second kappa shape index (κ2) is 12.1. The maximum absolute atomic E-state index is 13.1. The number of aromatic carboxylic acids is 1. The van der Waals surface area contributed by atoms with Crippen LogP contribution in [0.1, 0.15) is 43.0 Å². The highest BCUT2D eigenvalue weighted by Crippen LogP contribution is 2.42. The first-order valence-corrected chi connectivity index (χ1v) is 14.4. The number of nitrogens with zero attached hydrogens (tertiary/aromatic N) is 1. The average Bonchev–Trinajstić information content (AvgIpc) is 3.02. The Kier molecular flexibility index (Phi) is 7.84. The molecule has 0 aromatic heterocycles. The van der Waals surface area contributed by atoms with E-state index in [1.807, 2.05) is 12.2 Å². The smallest absolute Gasteiger partial charge is 0.336 e. The average molecular weight is 627 g/mol. The predicted octanol–water partition coefficient (Wildman–Crippen LogP) is 7.92. The number of carboxylic acids is 1. The van der Waals surface area contributed by atoms with E-state index in [-0.39, 0.29) is 44.4 Å². The van der Waals surface area contributed by atoms with Gasteiger partial charge in [0.2, 0.25) is 0 Å². The maximum Gasteiger partial charge on any atom is 0.336 e. The van der Waals surface area contributed by atoms with E-state index in [1.165, 1.54) is 30.3 Å². The minimum Gasteiger partial charge on any atom is -0.508 e. The van der Waals surface area contributed by atoms with Crippen LogP contribution in [0.2, 0.25) is 0 Å². The molecule has 0 saturated carbocycles. The van der Waals surface area contributed by atoms with E-state index in [0.29, 0.717) is 38.8 Å². The molecule has 4 aromatic carbocycles. The lowest BCUT2D eigenvalue weighted by molar-refractivity contribution is -0.386. The van der Waals surface area contributed by atoms with Gasteiger partial charge < -0.3 is 19.9 Å². The van der Waals surface area contributed by atoms with E-state index in [9.17, 15) is 34.7 Å².